The topological polar surface area (TPSA) is 80.0 Å². The van der Waals surface area contributed by atoms with Crippen LogP contribution < -0.4 is 4.90 Å². The van der Waals surface area contributed by atoms with Crippen molar-refractivity contribution in [2.75, 3.05) is 31.1 Å². The van der Waals surface area contributed by atoms with Crippen molar-refractivity contribution in [3.63, 3.8) is 0 Å². The molecule has 1 aliphatic heterocycles. The highest BCUT2D eigenvalue weighted by Gasteiger charge is 2.21. The molecular weight excluding hydrogens is 390 g/mol. The normalized spacial score (nSPS) is 14.2. The molecule has 1 saturated heterocycles. The van der Waals surface area contributed by atoms with E-state index in [0.717, 1.165) is 24.5 Å². The number of halogens is 1. The number of piperazine rings is 1. The lowest BCUT2D eigenvalue weighted by atomic mass is 10.2. The number of pyridine rings is 1. The molecule has 0 bridgehead atoms. The van der Waals surface area contributed by atoms with Crippen LogP contribution in [-0.4, -0.2) is 62.2 Å². The quantitative estimate of drug-likeness (QED) is 0.620. The van der Waals surface area contributed by atoms with E-state index in [0.29, 0.717) is 43.3 Å². The first-order valence-corrected chi connectivity index (χ1v) is 10.0. The van der Waals surface area contributed by atoms with Crippen LogP contribution in [0.1, 0.15) is 12.8 Å². The van der Waals surface area contributed by atoms with Gasteiger partial charge in [-0.15, -0.1) is 10.2 Å². The second-order valence-electron chi connectivity index (χ2n) is 6.88. The molecule has 150 valence electrons. The molecule has 29 heavy (non-hydrogen) atoms. The van der Waals surface area contributed by atoms with E-state index in [-0.39, 0.29) is 5.91 Å². The summed E-state index contributed by atoms with van der Waals surface area (Å²) >= 11 is 5.89. The molecule has 1 aliphatic rings. The molecule has 0 unspecified atom stereocenters. The maximum absolute atomic E-state index is 12.5. The number of nitrogens with zero attached hydrogens (tertiary/aromatic N) is 7. The molecule has 4 rings (SSSR count). The summed E-state index contributed by atoms with van der Waals surface area (Å²) in [5, 5.41) is 13.2. The zero-order valence-corrected chi connectivity index (χ0v) is 16.7. The Bertz CT molecular complexity index is 937. The maximum atomic E-state index is 12.5. The van der Waals surface area contributed by atoms with E-state index in [1.54, 1.807) is 11.0 Å². The molecule has 1 amide bonds. The number of aryl methyl sites for hydroxylation is 1. The van der Waals surface area contributed by atoms with Crippen LogP contribution in [0.15, 0.2) is 48.7 Å². The minimum absolute atomic E-state index is 0.164. The van der Waals surface area contributed by atoms with Gasteiger partial charge in [-0.3, -0.25) is 4.79 Å². The highest BCUT2D eigenvalue weighted by atomic mass is 35.5. The highest BCUT2D eigenvalue weighted by Crippen LogP contribution is 2.17. The minimum atomic E-state index is 0.164. The summed E-state index contributed by atoms with van der Waals surface area (Å²) < 4.78 is 0. The molecule has 8 nitrogen and oxygen atoms in total. The smallest absolute Gasteiger partial charge is 0.222 e. The van der Waals surface area contributed by atoms with Gasteiger partial charge in [0.05, 0.1) is 11.6 Å². The lowest BCUT2D eigenvalue weighted by Crippen LogP contribution is -2.49. The van der Waals surface area contributed by atoms with Crippen molar-refractivity contribution >= 4 is 23.3 Å². The molecule has 0 atom stereocenters. The van der Waals surface area contributed by atoms with Crippen LogP contribution >= 0.6 is 11.6 Å². The average Bonchev–Trinajstić information content (AvgIpc) is 3.24. The number of rotatable bonds is 6. The Morgan fingerprint density at radius 2 is 1.83 bits per heavy atom. The lowest BCUT2D eigenvalue weighted by Gasteiger charge is -2.35. The van der Waals surface area contributed by atoms with Gasteiger partial charge < -0.3 is 9.80 Å². The average molecular weight is 412 g/mol. The van der Waals surface area contributed by atoms with Gasteiger partial charge in [-0.1, -0.05) is 41.9 Å². The number of tetrazole rings is 1. The second kappa shape index (κ2) is 9.00. The molecule has 1 aromatic carbocycles. The Morgan fingerprint density at radius 1 is 1.03 bits per heavy atom. The molecular formula is C20H22ClN7O. The van der Waals surface area contributed by atoms with Gasteiger partial charge in [0.1, 0.15) is 5.82 Å². The Hall–Kier alpha value is -3.00. The van der Waals surface area contributed by atoms with Crippen LogP contribution in [0.3, 0.4) is 0 Å². The highest BCUT2D eigenvalue weighted by molar-refractivity contribution is 6.30. The molecule has 0 aliphatic carbocycles. The van der Waals surface area contributed by atoms with E-state index >= 15 is 0 Å². The van der Waals surface area contributed by atoms with Crippen molar-refractivity contribution in [3.8, 4) is 11.4 Å². The Kier molecular flexibility index (Phi) is 6.00. The Morgan fingerprint density at radius 3 is 2.55 bits per heavy atom. The fraction of sp³-hybridized carbons (Fsp3) is 0.350. The standard InChI is InChI=1S/C20H22ClN7O/c21-17-8-9-18(22-15-17)26-11-13-27(14-12-26)19(29)7-4-10-28-24-20(23-25-28)16-5-2-1-3-6-16/h1-3,5-6,8-9,15H,4,7,10-14H2. The minimum Gasteiger partial charge on any atom is -0.353 e. The third-order valence-corrected chi connectivity index (χ3v) is 5.13. The van der Waals surface area contributed by atoms with E-state index in [1.165, 1.54) is 0 Å². The summed E-state index contributed by atoms with van der Waals surface area (Å²) in [6.45, 7) is 3.50. The third kappa shape index (κ3) is 4.89. The third-order valence-electron chi connectivity index (χ3n) is 4.90. The van der Waals surface area contributed by atoms with Gasteiger partial charge in [-0.05, 0) is 23.8 Å². The summed E-state index contributed by atoms with van der Waals surface area (Å²) in [4.78, 5) is 22.5. The number of aromatic nitrogens is 5. The summed E-state index contributed by atoms with van der Waals surface area (Å²) in [6, 6.07) is 13.5. The molecule has 9 heteroatoms. The molecule has 0 N–H and O–H groups in total. The van der Waals surface area contributed by atoms with Gasteiger partial charge in [0, 0.05) is 44.4 Å². The first kappa shape index (κ1) is 19.3. The predicted molar refractivity (Wildman–Crippen MR) is 111 cm³/mol. The van der Waals surface area contributed by atoms with Gasteiger partial charge in [0.2, 0.25) is 11.7 Å². The van der Waals surface area contributed by atoms with Crippen LogP contribution in [0.2, 0.25) is 5.02 Å². The van der Waals surface area contributed by atoms with Gasteiger partial charge in [-0.25, -0.2) is 4.98 Å². The monoisotopic (exact) mass is 411 g/mol. The molecule has 2 aromatic heterocycles. The van der Waals surface area contributed by atoms with Crippen molar-refractivity contribution in [1.82, 2.24) is 30.1 Å². The van der Waals surface area contributed by atoms with Crippen LogP contribution in [0.25, 0.3) is 11.4 Å². The predicted octanol–water partition coefficient (Wildman–Crippen LogP) is 2.52. The number of carbonyl (C=O) groups excluding carboxylic acids is 1. The van der Waals surface area contributed by atoms with Crippen LogP contribution in [-0.2, 0) is 11.3 Å². The van der Waals surface area contributed by atoms with Gasteiger partial charge in [0.25, 0.3) is 0 Å². The van der Waals surface area contributed by atoms with E-state index in [9.17, 15) is 4.79 Å². The zero-order valence-electron chi connectivity index (χ0n) is 16.0. The number of hydrogen-bond donors (Lipinski definition) is 0. The fourth-order valence-corrected chi connectivity index (χ4v) is 3.42. The van der Waals surface area contributed by atoms with Crippen LogP contribution in [0, 0.1) is 0 Å². The van der Waals surface area contributed by atoms with E-state index in [1.807, 2.05) is 47.4 Å². The number of carbonyl (C=O) groups is 1. The molecule has 3 aromatic rings. The second-order valence-corrected chi connectivity index (χ2v) is 7.32. The number of amides is 1. The number of hydrogen-bond acceptors (Lipinski definition) is 6. The zero-order chi connectivity index (χ0) is 20.1. The molecule has 0 spiro atoms. The van der Waals surface area contributed by atoms with Crippen molar-refractivity contribution in [3.05, 3.63) is 53.7 Å². The van der Waals surface area contributed by atoms with Crippen molar-refractivity contribution in [1.29, 1.82) is 0 Å². The van der Waals surface area contributed by atoms with Gasteiger partial charge in [-0.2, -0.15) is 4.80 Å². The summed E-state index contributed by atoms with van der Waals surface area (Å²) in [5.41, 5.74) is 0.933. The van der Waals surface area contributed by atoms with Crippen LogP contribution in [0.5, 0.6) is 0 Å². The van der Waals surface area contributed by atoms with E-state index in [2.05, 4.69) is 25.3 Å². The summed E-state index contributed by atoms with van der Waals surface area (Å²) in [6.07, 6.45) is 2.81. The first-order valence-electron chi connectivity index (χ1n) is 9.66. The summed E-state index contributed by atoms with van der Waals surface area (Å²) in [7, 11) is 0. The van der Waals surface area contributed by atoms with Crippen molar-refractivity contribution in [2.45, 2.75) is 19.4 Å². The SMILES string of the molecule is O=C(CCCn1nnc(-c2ccccc2)n1)N1CCN(c2ccc(Cl)cn2)CC1. The largest absolute Gasteiger partial charge is 0.353 e. The fourth-order valence-electron chi connectivity index (χ4n) is 3.31. The van der Waals surface area contributed by atoms with E-state index < -0.39 is 0 Å². The lowest BCUT2D eigenvalue weighted by molar-refractivity contribution is -0.131. The number of benzene rings is 1. The maximum Gasteiger partial charge on any atom is 0.222 e. The van der Waals surface area contributed by atoms with Crippen LogP contribution in [0.4, 0.5) is 5.82 Å². The first-order chi connectivity index (χ1) is 14.2. The molecule has 3 heterocycles. The van der Waals surface area contributed by atoms with E-state index in [4.69, 9.17) is 11.6 Å². The summed E-state index contributed by atoms with van der Waals surface area (Å²) in [5.74, 6) is 1.66. The Balaban J connectivity index is 1.22. The van der Waals surface area contributed by atoms with Crippen molar-refractivity contribution in [2.24, 2.45) is 0 Å². The van der Waals surface area contributed by atoms with Gasteiger partial charge >= 0.3 is 0 Å². The molecule has 0 saturated carbocycles. The molecule has 1 fully saturated rings. The number of anilines is 1. The van der Waals surface area contributed by atoms with Gasteiger partial charge in [0.15, 0.2) is 0 Å². The Labute approximate surface area is 174 Å². The van der Waals surface area contributed by atoms with Crippen molar-refractivity contribution < 1.29 is 4.79 Å². The molecule has 0 radical (unpaired) electrons.